The van der Waals surface area contributed by atoms with Gasteiger partial charge in [0.15, 0.2) is 0 Å². The zero-order chi connectivity index (χ0) is 27.0. The molecule has 2 aliphatic heterocycles. The van der Waals surface area contributed by atoms with E-state index in [0.29, 0.717) is 22.2 Å². The SMILES string of the molecule is Cc1ncc(Cl)cc1C(=O)NC1CCC(CN2C(=O)C3(CCN(c4ncccn4)CC3)c3ccccc32)CC1. The maximum absolute atomic E-state index is 14.1. The number of carbonyl (C=O) groups is 2. The second-order valence-corrected chi connectivity index (χ2v) is 11.5. The molecular weight excluding hydrogens is 512 g/mol. The summed E-state index contributed by atoms with van der Waals surface area (Å²) in [4.78, 5) is 44.2. The minimum Gasteiger partial charge on any atom is -0.349 e. The fourth-order valence-corrected chi connectivity index (χ4v) is 6.71. The second-order valence-electron chi connectivity index (χ2n) is 11.0. The van der Waals surface area contributed by atoms with Gasteiger partial charge in [-0.2, -0.15) is 0 Å². The van der Waals surface area contributed by atoms with Crippen LogP contribution in [0.4, 0.5) is 11.6 Å². The summed E-state index contributed by atoms with van der Waals surface area (Å²) >= 11 is 6.06. The molecule has 9 heteroatoms. The molecule has 3 aromatic rings. The maximum atomic E-state index is 14.1. The Morgan fingerprint density at radius 2 is 1.77 bits per heavy atom. The lowest BCUT2D eigenvalue weighted by Crippen LogP contribution is -2.50. The molecule has 0 bridgehead atoms. The lowest BCUT2D eigenvalue weighted by atomic mass is 9.73. The zero-order valence-electron chi connectivity index (χ0n) is 22.1. The van der Waals surface area contributed by atoms with E-state index >= 15 is 0 Å². The highest BCUT2D eigenvalue weighted by Crippen LogP contribution is 2.48. The van der Waals surface area contributed by atoms with Gasteiger partial charge in [0.25, 0.3) is 5.91 Å². The molecule has 0 radical (unpaired) electrons. The molecule has 2 aromatic heterocycles. The number of anilines is 2. The summed E-state index contributed by atoms with van der Waals surface area (Å²) in [7, 11) is 0. The molecule has 0 atom stereocenters. The number of hydrogen-bond donors (Lipinski definition) is 1. The Bertz CT molecular complexity index is 1370. The van der Waals surface area contributed by atoms with Gasteiger partial charge >= 0.3 is 0 Å². The number of halogens is 1. The fraction of sp³-hybridized carbons (Fsp3) is 0.433. The van der Waals surface area contributed by atoms with Crippen molar-refractivity contribution in [2.75, 3.05) is 29.4 Å². The van der Waals surface area contributed by atoms with Crippen molar-refractivity contribution in [1.29, 1.82) is 0 Å². The molecule has 1 spiro atoms. The molecule has 0 unspecified atom stereocenters. The van der Waals surface area contributed by atoms with Gasteiger partial charge in [-0.1, -0.05) is 29.8 Å². The number of aromatic nitrogens is 3. The van der Waals surface area contributed by atoms with Gasteiger partial charge in [0.05, 0.1) is 21.7 Å². The quantitative estimate of drug-likeness (QED) is 0.500. The first-order valence-electron chi connectivity index (χ1n) is 13.8. The third-order valence-corrected chi connectivity index (χ3v) is 8.94. The van der Waals surface area contributed by atoms with Crippen LogP contribution < -0.4 is 15.1 Å². The lowest BCUT2D eigenvalue weighted by molar-refractivity contribution is -0.124. The van der Waals surface area contributed by atoms with Crippen molar-refractivity contribution < 1.29 is 9.59 Å². The summed E-state index contributed by atoms with van der Waals surface area (Å²) in [6.07, 6.45) is 10.3. The van der Waals surface area contributed by atoms with Gasteiger partial charge < -0.3 is 15.1 Å². The van der Waals surface area contributed by atoms with Crippen molar-refractivity contribution >= 4 is 35.1 Å². The number of amides is 2. The second kappa shape index (κ2) is 10.6. The van der Waals surface area contributed by atoms with Crippen LogP contribution in [-0.4, -0.2) is 52.4 Å². The van der Waals surface area contributed by atoms with Gasteiger partial charge in [0.2, 0.25) is 11.9 Å². The van der Waals surface area contributed by atoms with E-state index in [9.17, 15) is 9.59 Å². The van der Waals surface area contributed by atoms with Crippen LogP contribution >= 0.6 is 11.6 Å². The van der Waals surface area contributed by atoms with Crippen LogP contribution in [-0.2, 0) is 10.2 Å². The Labute approximate surface area is 233 Å². The van der Waals surface area contributed by atoms with Crippen molar-refractivity contribution in [3.63, 3.8) is 0 Å². The fourth-order valence-electron chi connectivity index (χ4n) is 6.55. The molecule has 1 aromatic carbocycles. The molecule has 3 aliphatic rings. The molecule has 1 aliphatic carbocycles. The summed E-state index contributed by atoms with van der Waals surface area (Å²) in [6, 6.07) is 11.9. The largest absolute Gasteiger partial charge is 0.349 e. The van der Waals surface area contributed by atoms with Gasteiger partial charge in [-0.05, 0) is 75.1 Å². The first-order chi connectivity index (χ1) is 18.9. The molecule has 6 rings (SSSR count). The number of hydrogen-bond acceptors (Lipinski definition) is 6. The molecule has 202 valence electrons. The molecule has 1 N–H and O–H groups in total. The van der Waals surface area contributed by atoms with Crippen LogP contribution in [0.5, 0.6) is 0 Å². The molecule has 2 fully saturated rings. The third-order valence-electron chi connectivity index (χ3n) is 8.74. The Kier molecular flexibility index (Phi) is 6.97. The van der Waals surface area contributed by atoms with Gasteiger partial charge in [0, 0.05) is 50.0 Å². The number of nitrogens with zero attached hydrogens (tertiary/aromatic N) is 5. The first-order valence-corrected chi connectivity index (χ1v) is 14.2. The van der Waals surface area contributed by atoms with Gasteiger partial charge in [-0.15, -0.1) is 0 Å². The van der Waals surface area contributed by atoms with E-state index in [0.717, 1.165) is 75.4 Å². The predicted molar refractivity (Wildman–Crippen MR) is 151 cm³/mol. The molecule has 8 nitrogen and oxygen atoms in total. The Hall–Kier alpha value is -3.52. The third kappa shape index (κ3) is 4.86. The standard InChI is InChI=1S/C30H33ClN6O2/c1-20-24(17-22(31)18-34-20)27(38)35-23-9-7-21(8-10-23)19-37-26-6-3-2-5-25(26)30(28(37)39)11-15-36(16-12-30)29-32-13-4-14-33-29/h2-6,13-14,17-18,21,23H,7-12,15-16,19H2,1H3,(H,35,38). The summed E-state index contributed by atoms with van der Waals surface area (Å²) in [5.74, 6) is 1.24. The van der Waals surface area contributed by atoms with Crippen molar-refractivity contribution in [3.8, 4) is 0 Å². The predicted octanol–water partition coefficient (Wildman–Crippen LogP) is 4.71. The Morgan fingerprint density at radius 3 is 2.51 bits per heavy atom. The minimum atomic E-state index is -0.476. The average molecular weight is 545 g/mol. The van der Waals surface area contributed by atoms with Crippen LogP contribution in [0, 0.1) is 12.8 Å². The summed E-state index contributed by atoms with van der Waals surface area (Å²) < 4.78 is 0. The summed E-state index contributed by atoms with van der Waals surface area (Å²) in [5, 5.41) is 3.63. The van der Waals surface area contributed by atoms with E-state index in [2.05, 4.69) is 48.3 Å². The number of pyridine rings is 1. The number of fused-ring (bicyclic) bond motifs is 2. The first kappa shape index (κ1) is 25.7. The van der Waals surface area contributed by atoms with E-state index < -0.39 is 5.41 Å². The highest BCUT2D eigenvalue weighted by molar-refractivity contribution is 6.30. The van der Waals surface area contributed by atoms with E-state index in [1.165, 1.54) is 0 Å². The maximum Gasteiger partial charge on any atom is 0.253 e. The molecular formula is C30H33ClN6O2. The van der Waals surface area contributed by atoms with Crippen LogP contribution in [0.15, 0.2) is 55.0 Å². The Morgan fingerprint density at radius 1 is 1.05 bits per heavy atom. The number of rotatable bonds is 5. The van der Waals surface area contributed by atoms with Gasteiger partial charge in [0.1, 0.15) is 0 Å². The number of nitrogens with one attached hydrogen (secondary N) is 1. The average Bonchev–Trinajstić information content (AvgIpc) is 3.19. The van der Waals surface area contributed by atoms with E-state index in [1.807, 2.05) is 19.1 Å². The minimum absolute atomic E-state index is 0.115. The number of para-hydroxylation sites is 1. The highest BCUT2D eigenvalue weighted by atomic mass is 35.5. The number of piperidine rings is 1. The van der Waals surface area contributed by atoms with Gasteiger partial charge in [-0.25, -0.2) is 9.97 Å². The van der Waals surface area contributed by atoms with Crippen molar-refractivity contribution in [3.05, 3.63) is 76.8 Å². The number of carbonyl (C=O) groups excluding carboxylic acids is 2. The highest BCUT2D eigenvalue weighted by Gasteiger charge is 2.52. The number of benzene rings is 1. The monoisotopic (exact) mass is 544 g/mol. The zero-order valence-corrected chi connectivity index (χ0v) is 22.9. The van der Waals surface area contributed by atoms with E-state index in [-0.39, 0.29) is 17.9 Å². The van der Waals surface area contributed by atoms with Crippen LogP contribution in [0.25, 0.3) is 0 Å². The molecule has 39 heavy (non-hydrogen) atoms. The van der Waals surface area contributed by atoms with Gasteiger partial charge in [-0.3, -0.25) is 14.6 Å². The summed E-state index contributed by atoms with van der Waals surface area (Å²) in [5.41, 5.74) is 2.95. The van der Waals surface area contributed by atoms with Crippen LogP contribution in [0.2, 0.25) is 5.02 Å². The number of aryl methyl sites for hydroxylation is 1. The molecule has 1 saturated heterocycles. The molecule has 1 saturated carbocycles. The Balaban J connectivity index is 1.10. The van der Waals surface area contributed by atoms with E-state index in [1.54, 1.807) is 24.7 Å². The van der Waals surface area contributed by atoms with E-state index in [4.69, 9.17) is 11.6 Å². The topological polar surface area (TPSA) is 91.3 Å². The molecule has 4 heterocycles. The smallest absolute Gasteiger partial charge is 0.253 e. The van der Waals surface area contributed by atoms with Crippen molar-refractivity contribution in [1.82, 2.24) is 20.3 Å². The van der Waals surface area contributed by atoms with Crippen LogP contribution in [0.1, 0.15) is 60.1 Å². The normalized spacial score (nSPS) is 22.2. The summed E-state index contributed by atoms with van der Waals surface area (Å²) in [6.45, 7) is 4.05. The van der Waals surface area contributed by atoms with Crippen molar-refractivity contribution in [2.24, 2.45) is 5.92 Å². The molecule has 2 amide bonds. The van der Waals surface area contributed by atoms with Crippen molar-refractivity contribution in [2.45, 2.75) is 56.9 Å². The van der Waals surface area contributed by atoms with Crippen LogP contribution in [0.3, 0.4) is 0 Å². The lowest BCUT2D eigenvalue weighted by Gasteiger charge is -2.39.